The minimum Gasteiger partial charge on any atom is -0.491 e. The number of unbranched alkanes of at least 4 members (excludes halogenated alkanes) is 3. The van der Waals surface area contributed by atoms with Gasteiger partial charge in [0.25, 0.3) is 0 Å². The Hall–Kier alpha value is -2.06. The first-order valence-electron chi connectivity index (χ1n) is 9.20. The lowest BCUT2D eigenvalue weighted by Gasteiger charge is -2.26. The molecule has 0 atom stereocenters. The predicted molar refractivity (Wildman–Crippen MR) is 105 cm³/mol. The standard InChI is InChI=1S/C22H31NO/c1-6-11-14-23(15-12-7-2)21-17-19(9-4)22(20(10-5)18-21)24-16-13-8-3/h4-5,17-18H,6-8,11-16H2,1-3H3. The Kier molecular flexibility index (Phi) is 9.55. The van der Waals surface area contributed by atoms with Gasteiger partial charge in [0, 0.05) is 18.8 Å². The normalized spacial score (nSPS) is 10.0. The van der Waals surface area contributed by atoms with Crippen LogP contribution in [0.5, 0.6) is 5.75 Å². The van der Waals surface area contributed by atoms with Crippen molar-refractivity contribution >= 4 is 5.69 Å². The second-order valence-corrected chi connectivity index (χ2v) is 6.05. The van der Waals surface area contributed by atoms with Gasteiger partial charge in [0.15, 0.2) is 5.75 Å². The third-order valence-corrected chi connectivity index (χ3v) is 4.06. The van der Waals surface area contributed by atoms with Crippen LogP contribution >= 0.6 is 0 Å². The van der Waals surface area contributed by atoms with Crippen molar-refractivity contribution in [2.24, 2.45) is 0 Å². The summed E-state index contributed by atoms with van der Waals surface area (Å²) >= 11 is 0. The number of rotatable bonds is 11. The van der Waals surface area contributed by atoms with Crippen LogP contribution in [0.3, 0.4) is 0 Å². The monoisotopic (exact) mass is 325 g/mol. The molecule has 0 spiro atoms. The second kappa shape index (κ2) is 11.5. The van der Waals surface area contributed by atoms with Crippen LogP contribution in [0.2, 0.25) is 0 Å². The largest absolute Gasteiger partial charge is 0.491 e. The molecule has 0 heterocycles. The van der Waals surface area contributed by atoms with E-state index in [0.717, 1.165) is 55.6 Å². The Morgan fingerprint density at radius 3 is 1.79 bits per heavy atom. The van der Waals surface area contributed by atoms with E-state index in [1.54, 1.807) is 0 Å². The Labute approximate surface area is 148 Å². The van der Waals surface area contributed by atoms with E-state index in [4.69, 9.17) is 17.6 Å². The molecule has 0 aliphatic carbocycles. The highest BCUT2D eigenvalue weighted by atomic mass is 16.5. The molecule has 1 aromatic rings. The number of anilines is 1. The van der Waals surface area contributed by atoms with Crippen molar-refractivity contribution in [3.8, 4) is 30.4 Å². The highest BCUT2D eigenvalue weighted by Gasteiger charge is 2.14. The molecule has 2 nitrogen and oxygen atoms in total. The third-order valence-electron chi connectivity index (χ3n) is 4.06. The summed E-state index contributed by atoms with van der Waals surface area (Å²) in [5, 5.41) is 0. The van der Waals surface area contributed by atoms with Crippen molar-refractivity contribution in [2.75, 3.05) is 24.6 Å². The van der Waals surface area contributed by atoms with E-state index in [0.29, 0.717) is 12.4 Å². The SMILES string of the molecule is C#Cc1cc(N(CCCC)CCCC)cc(C#C)c1OCCCC. The van der Waals surface area contributed by atoms with Crippen LogP contribution in [0.4, 0.5) is 5.69 Å². The van der Waals surface area contributed by atoms with Gasteiger partial charge in [-0.05, 0) is 31.4 Å². The molecule has 0 N–H and O–H groups in total. The summed E-state index contributed by atoms with van der Waals surface area (Å²) in [4.78, 5) is 2.39. The predicted octanol–water partition coefficient (Wildman–Crippen LogP) is 5.23. The molecule has 1 rings (SSSR count). The molecule has 0 unspecified atom stereocenters. The summed E-state index contributed by atoms with van der Waals surface area (Å²) in [5.74, 6) is 6.20. The fourth-order valence-electron chi connectivity index (χ4n) is 2.55. The minimum absolute atomic E-state index is 0.647. The molecular formula is C22H31NO. The van der Waals surface area contributed by atoms with Crippen molar-refractivity contribution in [1.82, 2.24) is 0 Å². The molecule has 0 fully saturated rings. The molecule has 24 heavy (non-hydrogen) atoms. The summed E-state index contributed by atoms with van der Waals surface area (Å²) in [5.41, 5.74) is 2.63. The Morgan fingerprint density at radius 1 is 0.875 bits per heavy atom. The van der Waals surface area contributed by atoms with Crippen molar-refractivity contribution in [1.29, 1.82) is 0 Å². The van der Waals surface area contributed by atoms with E-state index in [1.807, 2.05) is 12.1 Å². The van der Waals surface area contributed by atoms with E-state index in [9.17, 15) is 0 Å². The van der Waals surface area contributed by atoms with Crippen LogP contribution in [0.15, 0.2) is 12.1 Å². The van der Waals surface area contributed by atoms with Gasteiger partial charge >= 0.3 is 0 Å². The van der Waals surface area contributed by atoms with Crippen molar-refractivity contribution in [2.45, 2.75) is 59.3 Å². The fraction of sp³-hybridized carbons (Fsp3) is 0.545. The molecule has 0 aromatic heterocycles. The maximum atomic E-state index is 5.88. The van der Waals surface area contributed by atoms with Gasteiger partial charge in [-0.15, -0.1) is 12.8 Å². The first-order chi connectivity index (χ1) is 11.7. The summed E-state index contributed by atoms with van der Waals surface area (Å²) < 4.78 is 5.88. The number of nitrogens with zero attached hydrogens (tertiary/aromatic N) is 1. The molecule has 0 aliphatic heterocycles. The van der Waals surface area contributed by atoms with Gasteiger partial charge in [-0.3, -0.25) is 0 Å². The number of benzene rings is 1. The van der Waals surface area contributed by atoms with Crippen molar-refractivity contribution < 1.29 is 4.74 Å². The van der Waals surface area contributed by atoms with Gasteiger partial charge in [-0.25, -0.2) is 0 Å². The maximum absolute atomic E-state index is 5.88. The van der Waals surface area contributed by atoms with Gasteiger partial charge in [-0.1, -0.05) is 51.9 Å². The highest BCUT2D eigenvalue weighted by Crippen LogP contribution is 2.30. The smallest absolute Gasteiger partial charge is 0.150 e. The molecule has 130 valence electrons. The van der Waals surface area contributed by atoms with Crippen LogP contribution in [-0.4, -0.2) is 19.7 Å². The van der Waals surface area contributed by atoms with Crippen molar-refractivity contribution in [3.05, 3.63) is 23.3 Å². The Bertz CT molecular complexity index is 534. The molecular weight excluding hydrogens is 294 g/mol. The van der Waals surface area contributed by atoms with E-state index < -0.39 is 0 Å². The topological polar surface area (TPSA) is 12.5 Å². The van der Waals surface area contributed by atoms with E-state index in [-0.39, 0.29) is 0 Å². The molecule has 0 radical (unpaired) electrons. The molecule has 2 heteroatoms. The molecule has 0 amide bonds. The van der Waals surface area contributed by atoms with Crippen LogP contribution in [0, 0.1) is 24.7 Å². The first-order valence-corrected chi connectivity index (χ1v) is 9.20. The van der Waals surface area contributed by atoms with Crippen LogP contribution in [0.25, 0.3) is 0 Å². The number of ether oxygens (including phenoxy) is 1. The molecule has 0 aliphatic rings. The molecule has 0 bridgehead atoms. The second-order valence-electron chi connectivity index (χ2n) is 6.05. The average Bonchev–Trinajstić information content (AvgIpc) is 2.61. The first kappa shape index (κ1) is 20.0. The number of hydrogen-bond donors (Lipinski definition) is 0. The van der Waals surface area contributed by atoms with E-state index in [1.165, 1.54) is 12.8 Å². The van der Waals surface area contributed by atoms with Gasteiger partial charge in [-0.2, -0.15) is 0 Å². The Morgan fingerprint density at radius 2 is 1.38 bits per heavy atom. The van der Waals surface area contributed by atoms with E-state index >= 15 is 0 Å². The third kappa shape index (κ3) is 5.86. The summed E-state index contributed by atoms with van der Waals surface area (Å²) in [6, 6.07) is 4.10. The van der Waals surface area contributed by atoms with Crippen LogP contribution in [-0.2, 0) is 0 Å². The number of terminal acetylenes is 2. The van der Waals surface area contributed by atoms with Crippen LogP contribution in [0.1, 0.15) is 70.4 Å². The highest BCUT2D eigenvalue weighted by molar-refractivity contribution is 5.65. The summed E-state index contributed by atoms with van der Waals surface area (Å²) in [7, 11) is 0. The van der Waals surface area contributed by atoms with Crippen molar-refractivity contribution in [3.63, 3.8) is 0 Å². The Balaban J connectivity index is 3.14. The lowest BCUT2D eigenvalue weighted by atomic mass is 10.1. The lowest BCUT2D eigenvalue weighted by Crippen LogP contribution is -2.25. The van der Waals surface area contributed by atoms with Gasteiger partial charge in [0.05, 0.1) is 17.7 Å². The van der Waals surface area contributed by atoms with Crippen LogP contribution < -0.4 is 9.64 Å². The molecule has 0 saturated carbocycles. The lowest BCUT2D eigenvalue weighted by molar-refractivity contribution is 0.308. The summed E-state index contributed by atoms with van der Waals surface area (Å²) in [6.45, 7) is 9.26. The number of hydrogen-bond acceptors (Lipinski definition) is 2. The van der Waals surface area contributed by atoms with E-state index in [2.05, 4.69) is 37.5 Å². The minimum atomic E-state index is 0.647. The molecule has 0 saturated heterocycles. The zero-order chi connectivity index (χ0) is 17.8. The zero-order valence-corrected chi connectivity index (χ0v) is 15.5. The average molecular weight is 325 g/mol. The van der Waals surface area contributed by atoms with Gasteiger partial charge < -0.3 is 9.64 Å². The fourth-order valence-corrected chi connectivity index (χ4v) is 2.55. The molecule has 1 aromatic carbocycles. The summed E-state index contributed by atoms with van der Waals surface area (Å²) in [6.07, 6.45) is 18.2. The van der Waals surface area contributed by atoms with Gasteiger partial charge in [0.2, 0.25) is 0 Å². The maximum Gasteiger partial charge on any atom is 0.150 e. The zero-order valence-electron chi connectivity index (χ0n) is 15.5. The van der Waals surface area contributed by atoms with Gasteiger partial charge in [0.1, 0.15) is 0 Å². The quantitative estimate of drug-likeness (QED) is 0.408.